The van der Waals surface area contributed by atoms with E-state index in [1.165, 1.54) is 31.5 Å². The largest absolute Gasteiger partial charge is 0.495 e. The van der Waals surface area contributed by atoms with Gasteiger partial charge in [-0.1, -0.05) is 11.6 Å². The van der Waals surface area contributed by atoms with Crippen molar-refractivity contribution in [3.8, 4) is 5.75 Å². The first-order valence-corrected chi connectivity index (χ1v) is 8.59. The Bertz CT molecular complexity index is 826. The minimum atomic E-state index is -5.07. The highest BCUT2D eigenvalue weighted by Crippen LogP contribution is 2.43. The highest BCUT2D eigenvalue weighted by molar-refractivity contribution is 7.09. The number of nitrogens with zero attached hydrogens (tertiary/aromatic N) is 1. The molecule has 10 heteroatoms. The monoisotopic (exact) mass is 408 g/mol. The van der Waals surface area contributed by atoms with E-state index in [1.807, 2.05) is 0 Å². The lowest BCUT2D eigenvalue weighted by Gasteiger charge is -2.28. The normalized spacial score (nSPS) is 14.0. The maximum absolute atomic E-state index is 13.5. The van der Waals surface area contributed by atoms with Gasteiger partial charge in [0, 0.05) is 22.2 Å². The van der Waals surface area contributed by atoms with Gasteiger partial charge >= 0.3 is 6.18 Å². The Kier molecular flexibility index (Phi) is 5.84. The highest BCUT2D eigenvalue weighted by Gasteiger charge is 2.58. The molecule has 5 nitrogen and oxygen atoms in total. The van der Waals surface area contributed by atoms with E-state index in [4.69, 9.17) is 16.3 Å². The van der Waals surface area contributed by atoms with Crippen molar-refractivity contribution in [1.29, 1.82) is 0 Å². The summed E-state index contributed by atoms with van der Waals surface area (Å²) < 4.78 is 45.4. The number of halogens is 4. The van der Waals surface area contributed by atoms with Gasteiger partial charge in [0.05, 0.1) is 19.2 Å². The number of amides is 1. The quantitative estimate of drug-likeness (QED) is 0.777. The predicted octanol–water partition coefficient (Wildman–Crippen LogP) is 4.20. The van der Waals surface area contributed by atoms with Gasteiger partial charge < -0.3 is 15.2 Å². The molecule has 0 spiro atoms. The minimum Gasteiger partial charge on any atom is -0.495 e. The zero-order valence-electron chi connectivity index (χ0n) is 14.1. The molecule has 0 unspecified atom stereocenters. The van der Waals surface area contributed by atoms with Crippen LogP contribution in [0.4, 0.5) is 18.9 Å². The Hall–Kier alpha value is -1.84. The second-order valence-corrected chi connectivity index (χ2v) is 6.94. The lowest BCUT2D eigenvalue weighted by molar-refractivity contribution is -0.266. The average molecular weight is 409 g/mol. The first-order valence-electron chi connectivity index (χ1n) is 7.33. The second kappa shape index (κ2) is 7.42. The highest BCUT2D eigenvalue weighted by atomic mass is 35.5. The summed E-state index contributed by atoms with van der Waals surface area (Å²) in [6.45, 7) is 3.17. The molecule has 1 atom stereocenters. The van der Waals surface area contributed by atoms with Crippen molar-refractivity contribution in [3.05, 3.63) is 38.8 Å². The smallest absolute Gasteiger partial charge is 0.424 e. The SMILES string of the molecule is COc1cc(Cl)c(C)cc1NC(=O)C[C@@](O)(c1nc(C)cs1)C(F)(F)F. The van der Waals surface area contributed by atoms with Gasteiger partial charge in [-0.2, -0.15) is 13.2 Å². The lowest BCUT2D eigenvalue weighted by atomic mass is 9.99. The molecule has 0 aliphatic rings. The maximum Gasteiger partial charge on any atom is 0.424 e. The van der Waals surface area contributed by atoms with Gasteiger partial charge in [-0.25, -0.2) is 4.98 Å². The molecule has 0 radical (unpaired) electrons. The summed E-state index contributed by atoms with van der Waals surface area (Å²) in [5.41, 5.74) is -2.31. The molecule has 1 aromatic heterocycles. The molecule has 0 fully saturated rings. The number of aliphatic hydroxyl groups is 1. The van der Waals surface area contributed by atoms with Crippen LogP contribution in [0.2, 0.25) is 5.02 Å². The van der Waals surface area contributed by atoms with E-state index in [-0.39, 0.29) is 11.4 Å². The van der Waals surface area contributed by atoms with Gasteiger partial charge in [0.15, 0.2) is 0 Å². The third-order valence-corrected chi connectivity index (χ3v) is 5.13. The van der Waals surface area contributed by atoms with Gasteiger partial charge in [-0.15, -0.1) is 11.3 Å². The van der Waals surface area contributed by atoms with Gasteiger partial charge in [0.1, 0.15) is 10.8 Å². The van der Waals surface area contributed by atoms with Crippen molar-refractivity contribution in [2.24, 2.45) is 0 Å². The lowest BCUT2D eigenvalue weighted by Crippen LogP contribution is -2.45. The molecule has 0 saturated carbocycles. The molecule has 2 rings (SSSR count). The molecule has 2 aromatic rings. The molecule has 26 heavy (non-hydrogen) atoms. The third-order valence-electron chi connectivity index (χ3n) is 3.61. The molecular weight excluding hydrogens is 393 g/mol. The first kappa shape index (κ1) is 20.5. The first-order chi connectivity index (χ1) is 12.0. The molecule has 1 aromatic carbocycles. The Labute approximate surface area is 156 Å². The Morgan fingerprint density at radius 1 is 1.38 bits per heavy atom. The molecule has 0 bridgehead atoms. The number of benzene rings is 1. The maximum atomic E-state index is 13.5. The number of methoxy groups -OCH3 is 1. The Morgan fingerprint density at radius 2 is 2.04 bits per heavy atom. The van der Waals surface area contributed by atoms with Gasteiger partial charge in [0.2, 0.25) is 11.5 Å². The molecule has 142 valence electrons. The summed E-state index contributed by atoms with van der Waals surface area (Å²) in [5, 5.41) is 13.7. The zero-order valence-corrected chi connectivity index (χ0v) is 15.6. The fraction of sp³-hybridized carbons (Fsp3) is 0.375. The number of anilines is 1. The second-order valence-electron chi connectivity index (χ2n) is 5.68. The number of hydrogen-bond acceptors (Lipinski definition) is 5. The van der Waals surface area contributed by atoms with Crippen LogP contribution in [0.3, 0.4) is 0 Å². The van der Waals surface area contributed by atoms with Crippen LogP contribution in [0.1, 0.15) is 22.7 Å². The number of thiazole rings is 1. The molecule has 0 aliphatic carbocycles. The van der Waals surface area contributed by atoms with E-state index in [2.05, 4.69) is 10.3 Å². The Morgan fingerprint density at radius 3 is 2.54 bits per heavy atom. The van der Waals surface area contributed by atoms with Crippen molar-refractivity contribution in [3.63, 3.8) is 0 Å². The van der Waals surface area contributed by atoms with Crippen LogP contribution in [0.5, 0.6) is 5.75 Å². The summed E-state index contributed by atoms with van der Waals surface area (Å²) in [5.74, 6) is -0.854. The number of carbonyl (C=O) groups is 1. The van der Waals surface area contributed by atoms with Crippen molar-refractivity contribution >= 4 is 34.5 Å². The molecule has 1 amide bonds. The number of aromatic nitrogens is 1. The van der Waals surface area contributed by atoms with E-state index in [0.29, 0.717) is 27.6 Å². The van der Waals surface area contributed by atoms with Crippen LogP contribution in [0.15, 0.2) is 17.5 Å². The van der Waals surface area contributed by atoms with Crippen LogP contribution >= 0.6 is 22.9 Å². The topological polar surface area (TPSA) is 71.5 Å². The van der Waals surface area contributed by atoms with Gasteiger partial charge in [-0.3, -0.25) is 4.79 Å². The summed E-state index contributed by atoms with van der Waals surface area (Å²) in [6, 6.07) is 2.91. The van der Waals surface area contributed by atoms with Gasteiger partial charge in [0.25, 0.3) is 0 Å². The van der Waals surface area contributed by atoms with Crippen LogP contribution in [-0.2, 0) is 10.4 Å². The van der Waals surface area contributed by atoms with E-state index >= 15 is 0 Å². The zero-order chi connectivity index (χ0) is 19.7. The number of aryl methyl sites for hydroxylation is 2. The van der Waals surface area contributed by atoms with E-state index in [1.54, 1.807) is 6.92 Å². The standard InChI is InChI=1S/C16H16ClF3N2O3S/c1-8-4-11(12(25-3)5-10(8)17)22-13(23)6-15(24,16(18,19)20)14-21-9(2)7-26-14/h4-5,7,24H,6H2,1-3H3,(H,22,23)/t15-/m1/s1. The molecule has 0 aliphatic heterocycles. The molecule has 2 N–H and O–H groups in total. The number of nitrogens with one attached hydrogen (secondary N) is 1. The molecule has 0 saturated heterocycles. The average Bonchev–Trinajstić information content (AvgIpc) is 2.96. The van der Waals surface area contributed by atoms with E-state index in [0.717, 1.165) is 0 Å². The van der Waals surface area contributed by atoms with Crippen molar-refractivity contribution < 1.29 is 27.8 Å². The van der Waals surface area contributed by atoms with Crippen LogP contribution in [0, 0.1) is 13.8 Å². The minimum absolute atomic E-state index is 0.152. The summed E-state index contributed by atoms with van der Waals surface area (Å²) in [7, 11) is 1.33. The summed E-state index contributed by atoms with van der Waals surface area (Å²) >= 11 is 6.60. The predicted molar refractivity (Wildman–Crippen MR) is 92.8 cm³/mol. The summed E-state index contributed by atoms with van der Waals surface area (Å²) in [6.07, 6.45) is -6.32. The van der Waals surface area contributed by atoms with Crippen molar-refractivity contribution in [2.75, 3.05) is 12.4 Å². The van der Waals surface area contributed by atoms with Crippen molar-refractivity contribution in [1.82, 2.24) is 4.98 Å². The van der Waals surface area contributed by atoms with Gasteiger partial charge in [-0.05, 0) is 25.5 Å². The molecule has 1 heterocycles. The Balaban J connectivity index is 2.31. The number of hydrogen-bond donors (Lipinski definition) is 2. The van der Waals surface area contributed by atoms with Crippen molar-refractivity contribution in [2.45, 2.75) is 32.0 Å². The number of rotatable bonds is 5. The number of carbonyl (C=O) groups excluding carboxylic acids is 1. The number of ether oxygens (including phenoxy) is 1. The van der Waals surface area contributed by atoms with Crippen LogP contribution in [0.25, 0.3) is 0 Å². The number of alkyl halides is 3. The summed E-state index contributed by atoms with van der Waals surface area (Å²) in [4.78, 5) is 15.9. The third kappa shape index (κ3) is 4.11. The molecular formula is C16H16ClF3N2O3S. The fourth-order valence-electron chi connectivity index (χ4n) is 2.20. The van der Waals surface area contributed by atoms with Crippen LogP contribution < -0.4 is 10.1 Å². The fourth-order valence-corrected chi connectivity index (χ4v) is 3.27. The van der Waals surface area contributed by atoms with E-state index < -0.39 is 29.1 Å². The van der Waals surface area contributed by atoms with E-state index in [9.17, 15) is 23.1 Å². The van der Waals surface area contributed by atoms with Crippen LogP contribution in [-0.4, -0.2) is 29.3 Å².